The number of nitrogens with zero attached hydrogens (tertiary/aromatic N) is 1. The lowest BCUT2D eigenvalue weighted by Crippen LogP contribution is -2.35. The number of halogens is 1. The summed E-state index contributed by atoms with van der Waals surface area (Å²) >= 11 is 3.01. The van der Waals surface area contributed by atoms with E-state index in [0.717, 1.165) is 0 Å². The fourth-order valence-electron chi connectivity index (χ4n) is 1.25. The standard InChI is InChI=1S/C10H11BrN2O4/c1-2-13(5-8(14)15)10(17)6-3-7(11)9(16)12-4-6/h3-4H,2,5H2,1H3,(H,12,16)(H,14,15). The van der Waals surface area contributed by atoms with Gasteiger partial charge in [0.25, 0.3) is 11.5 Å². The van der Waals surface area contributed by atoms with E-state index in [-0.39, 0.29) is 28.7 Å². The molecule has 7 heteroatoms. The number of H-pyrrole nitrogens is 1. The first-order valence-corrected chi connectivity index (χ1v) is 5.64. The van der Waals surface area contributed by atoms with Gasteiger partial charge in [0, 0.05) is 12.7 Å². The average Bonchev–Trinajstić information content (AvgIpc) is 2.28. The number of hydrogen-bond acceptors (Lipinski definition) is 3. The molecule has 1 amide bonds. The van der Waals surface area contributed by atoms with Crippen molar-refractivity contribution >= 4 is 27.8 Å². The molecule has 0 aliphatic rings. The number of carbonyl (C=O) groups is 2. The van der Waals surface area contributed by atoms with E-state index in [1.54, 1.807) is 6.92 Å². The molecule has 92 valence electrons. The van der Waals surface area contributed by atoms with Crippen LogP contribution in [0, 0.1) is 0 Å². The molecule has 0 fully saturated rings. The van der Waals surface area contributed by atoms with Crippen LogP contribution in [0.3, 0.4) is 0 Å². The Kier molecular flexibility index (Phi) is 4.45. The van der Waals surface area contributed by atoms with E-state index < -0.39 is 11.9 Å². The van der Waals surface area contributed by atoms with Crippen LogP contribution in [0.1, 0.15) is 17.3 Å². The van der Waals surface area contributed by atoms with Crippen molar-refractivity contribution < 1.29 is 14.7 Å². The number of carboxylic acids is 1. The zero-order valence-corrected chi connectivity index (χ0v) is 10.7. The van der Waals surface area contributed by atoms with Gasteiger partial charge in [-0.25, -0.2) is 0 Å². The Morgan fingerprint density at radius 1 is 1.53 bits per heavy atom. The summed E-state index contributed by atoms with van der Waals surface area (Å²) in [4.78, 5) is 37.1. The van der Waals surface area contributed by atoms with Crippen LogP contribution in [-0.4, -0.2) is 40.0 Å². The second kappa shape index (κ2) is 5.62. The maximum Gasteiger partial charge on any atom is 0.323 e. The maximum absolute atomic E-state index is 11.9. The first-order chi connectivity index (χ1) is 7.95. The van der Waals surface area contributed by atoms with E-state index >= 15 is 0 Å². The Labute approximate surface area is 105 Å². The number of nitrogens with one attached hydrogen (secondary N) is 1. The molecule has 0 saturated carbocycles. The third-order valence-corrected chi connectivity index (χ3v) is 2.69. The van der Waals surface area contributed by atoms with Crippen molar-refractivity contribution in [1.82, 2.24) is 9.88 Å². The van der Waals surface area contributed by atoms with Crippen LogP contribution in [0.25, 0.3) is 0 Å². The van der Waals surface area contributed by atoms with Crippen molar-refractivity contribution in [2.75, 3.05) is 13.1 Å². The predicted molar refractivity (Wildman–Crippen MR) is 64.0 cm³/mol. The largest absolute Gasteiger partial charge is 0.480 e. The molecule has 0 saturated heterocycles. The average molecular weight is 303 g/mol. The third-order valence-electron chi connectivity index (χ3n) is 2.10. The van der Waals surface area contributed by atoms with Crippen molar-refractivity contribution in [3.8, 4) is 0 Å². The lowest BCUT2D eigenvalue weighted by atomic mass is 10.2. The van der Waals surface area contributed by atoms with Crippen LogP contribution in [-0.2, 0) is 4.79 Å². The van der Waals surface area contributed by atoms with Gasteiger partial charge in [-0.1, -0.05) is 0 Å². The molecule has 0 aliphatic carbocycles. The summed E-state index contributed by atoms with van der Waals surface area (Å²) in [5.74, 6) is -1.52. The van der Waals surface area contributed by atoms with Crippen LogP contribution < -0.4 is 5.56 Å². The summed E-state index contributed by atoms with van der Waals surface area (Å²) in [6.07, 6.45) is 1.26. The molecular formula is C10H11BrN2O4. The fourth-order valence-corrected chi connectivity index (χ4v) is 1.61. The van der Waals surface area contributed by atoms with Gasteiger partial charge in [-0.05, 0) is 28.9 Å². The van der Waals surface area contributed by atoms with Crippen molar-refractivity contribution in [3.05, 3.63) is 32.7 Å². The van der Waals surface area contributed by atoms with Gasteiger partial charge in [0.2, 0.25) is 0 Å². The van der Waals surface area contributed by atoms with E-state index in [2.05, 4.69) is 20.9 Å². The summed E-state index contributed by atoms with van der Waals surface area (Å²) in [6, 6.07) is 1.37. The zero-order chi connectivity index (χ0) is 13.0. The number of likely N-dealkylation sites (N-methyl/N-ethyl adjacent to an activating group) is 1. The molecule has 1 aromatic heterocycles. The van der Waals surface area contributed by atoms with Crippen molar-refractivity contribution in [3.63, 3.8) is 0 Å². The molecule has 0 radical (unpaired) electrons. The lowest BCUT2D eigenvalue weighted by molar-refractivity contribution is -0.137. The number of aromatic amines is 1. The Hall–Kier alpha value is -1.63. The number of hydrogen-bond donors (Lipinski definition) is 2. The Morgan fingerprint density at radius 2 is 2.18 bits per heavy atom. The summed E-state index contributed by atoms with van der Waals surface area (Å²) in [5, 5.41) is 8.65. The van der Waals surface area contributed by atoms with Gasteiger partial charge in [0.15, 0.2) is 0 Å². The normalized spacial score (nSPS) is 10.0. The van der Waals surface area contributed by atoms with E-state index in [1.807, 2.05) is 0 Å². The van der Waals surface area contributed by atoms with Crippen LogP contribution in [0.5, 0.6) is 0 Å². The van der Waals surface area contributed by atoms with E-state index in [9.17, 15) is 14.4 Å². The summed E-state index contributed by atoms with van der Waals surface area (Å²) in [7, 11) is 0. The molecule has 0 aliphatic heterocycles. The van der Waals surface area contributed by atoms with Gasteiger partial charge in [0.1, 0.15) is 6.54 Å². The topological polar surface area (TPSA) is 90.5 Å². The first kappa shape index (κ1) is 13.4. The molecule has 1 rings (SSSR count). The predicted octanol–water partition coefficient (Wildman–Crippen LogP) is 0.684. The number of amides is 1. The van der Waals surface area contributed by atoms with Gasteiger partial charge in [0.05, 0.1) is 10.0 Å². The van der Waals surface area contributed by atoms with E-state index in [1.165, 1.54) is 17.2 Å². The molecule has 2 N–H and O–H groups in total. The van der Waals surface area contributed by atoms with Crippen LogP contribution in [0.2, 0.25) is 0 Å². The highest BCUT2D eigenvalue weighted by Gasteiger charge is 2.17. The minimum absolute atomic E-state index is 0.231. The number of rotatable bonds is 4. The Balaban J connectivity index is 2.97. The summed E-state index contributed by atoms with van der Waals surface area (Å²) in [6.45, 7) is 1.59. The molecule has 0 spiro atoms. The monoisotopic (exact) mass is 302 g/mol. The number of aromatic nitrogens is 1. The Morgan fingerprint density at radius 3 is 2.65 bits per heavy atom. The molecule has 0 unspecified atom stereocenters. The number of pyridine rings is 1. The molecule has 0 aromatic carbocycles. The van der Waals surface area contributed by atoms with Gasteiger partial charge < -0.3 is 15.0 Å². The SMILES string of the molecule is CCN(CC(=O)O)C(=O)c1c[nH]c(=O)c(Br)c1. The number of carbonyl (C=O) groups excluding carboxylic acids is 1. The second-order valence-corrected chi connectivity index (χ2v) is 4.13. The van der Waals surface area contributed by atoms with Gasteiger partial charge in [-0.2, -0.15) is 0 Å². The second-order valence-electron chi connectivity index (χ2n) is 3.28. The molecule has 6 nitrogen and oxygen atoms in total. The van der Waals surface area contributed by atoms with Crippen molar-refractivity contribution in [2.45, 2.75) is 6.92 Å². The minimum atomic E-state index is -1.08. The molecule has 1 heterocycles. The Bertz CT molecular complexity index is 497. The smallest absolute Gasteiger partial charge is 0.323 e. The van der Waals surface area contributed by atoms with Gasteiger partial charge in [-0.3, -0.25) is 14.4 Å². The molecule has 1 aromatic rings. The third kappa shape index (κ3) is 3.42. The minimum Gasteiger partial charge on any atom is -0.480 e. The summed E-state index contributed by atoms with van der Waals surface area (Å²) in [5.41, 5.74) is -0.109. The number of aliphatic carboxylic acids is 1. The fraction of sp³-hybridized carbons (Fsp3) is 0.300. The molecule has 0 atom stereocenters. The molecular weight excluding hydrogens is 292 g/mol. The van der Waals surface area contributed by atoms with Crippen LogP contribution in [0.4, 0.5) is 0 Å². The van der Waals surface area contributed by atoms with E-state index in [4.69, 9.17) is 5.11 Å². The van der Waals surface area contributed by atoms with Gasteiger partial charge in [-0.15, -0.1) is 0 Å². The maximum atomic E-state index is 11.9. The van der Waals surface area contributed by atoms with Crippen LogP contribution in [0.15, 0.2) is 21.5 Å². The quantitative estimate of drug-likeness (QED) is 0.856. The highest BCUT2D eigenvalue weighted by atomic mass is 79.9. The van der Waals surface area contributed by atoms with Crippen molar-refractivity contribution in [1.29, 1.82) is 0 Å². The van der Waals surface area contributed by atoms with E-state index in [0.29, 0.717) is 0 Å². The summed E-state index contributed by atoms with van der Waals surface area (Å²) < 4.78 is 0.231. The zero-order valence-electron chi connectivity index (χ0n) is 9.07. The number of carboxylic acid groups (broad SMARTS) is 1. The highest BCUT2D eigenvalue weighted by molar-refractivity contribution is 9.10. The molecule has 0 bridgehead atoms. The van der Waals surface area contributed by atoms with Crippen molar-refractivity contribution in [2.24, 2.45) is 0 Å². The first-order valence-electron chi connectivity index (χ1n) is 4.85. The molecule has 17 heavy (non-hydrogen) atoms. The van der Waals surface area contributed by atoms with Gasteiger partial charge >= 0.3 is 5.97 Å². The van der Waals surface area contributed by atoms with Crippen LogP contribution >= 0.6 is 15.9 Å². The lowest BCUT2D eigenvalue weighted by Gasteiger charge is -2.18. The highest BCUT2D eigenvalue weighted by Crippen LogP contribution is 2.08.